The van der Waals surface area contributed by atoms with Crippen molar-refractivity contribution in [3.63, 3.8) is 0 Å². The van der Waals surface area contributed by atoms with Crippen LogP contribution in [-0.2, 0) is 4.74 Å². The third-order valence-electron chi connectivity index (χ3n) is 3.55. The van der Waals surface area contributed by atoms with Gasteiger partial charge in [-0.15, -0.1) is 0 Å². The van der Waals surface area contributed by atoms with Crippen molar-refractivity contribution in [2.45, 2.75) is 31.6 Å². The summed E-state index contributed by atoms with van der Waals surface area (Å²) in [5.74, 6) is 2.12. The minimum absolute atomic E-state index is 0.634. The highest BCUT2D eigenvalue weighted by Gasteiger charge is 2.25. The highest BCUT2D eigenvalue weighted by molar-refractivity contribution is 5.21. The van der Waals surface area contributed by atoms with Crippen LogP contribution in [0.25, 0.3) is 0 Å². The van der Waals surface area contributed by atoms with Crippen molar-refractivity contribution in [3.8, 4) is 5.88 Å². The normalized spacial score (nSPS) is 21.4. The summed E-state index contributed by atoms with van der Waals surface area (Å²) in [6.45, 7) is 2.54. The van der Waals surface area contributed by atoms with Crippen LogP contribution in [0.5, 0.6) is 5.88 Å². The Balaban J connectivity index is 1.54. The molecule has 2 heterocycles. The second-order valence-corrected chi connectivity index (χ2v) is 5.04. The van der Waals surface area contributed by atoms with Crippen molar-refractivity contribution in [1.82, 2.24) is 4.98 Å². The fraction of sp³-hybridized carbons (Fsp3) is 0.643. The van der Waals surface area contributed by atoms with Gasteiger partial charge >= 0.3 is 0 Å². The number of aromatic nitrogens is 1. The number of ether oxygens (including phenoxy) is 2. The van der Waals surface area contributed by atoms with Gasteiger partial charge in [0.2, 0.25) is 5.88 Å². The van der Waals surface area contributed by atoms with E-state index in [-0.39, 0.29) is 0 Å². The summed E-state index contributed by atoms with van der Waals surface area (Å²) in [6, 6.07) is 6.13. The summed E-state index contributed by atoms with van der Waals surface area (Å²) < 4.78 is 11.1. The predicted molar refractivity (Wildman–Crippen MR) is 65.3 cm³/mol. The van der Waals surface area contributed by atoms with Crippen molar-refractivity contribution >= 4 is 0 Å². The highest BCUT2D eigenvalue weighted by Crippen LogP contribution is 2.39. The van der Waals surface area contributed by atoms with Crippen LogP contribution in [0.15, 0.2) is 18.2 Å². The van der Waals surface area contributed by atoms with E-state index in [4.69, 9.17) is 9.47 Å². The van der Waals surface area contributed by atoms with Crippen LogP contribution in [0.1, 0.15) is 37.3 Å². The summed E-state index contributed by atoms with van der Waals surface area (Å²) in [5, 5.41) is 0. The lowest BCUT2D eigenvalue weighted by molar-refractivity contribution is 0.0490. The van der Waals surface area contributed by atoms with E-state index in [2.05, 4.69) is 17.1 Å². The molecular formula is C14H19NO2. The maximum Gasteiger partial charge on any atom is 0.213 e. The van der Waals surface area contributed by atoms with Gasteiger partial charge in [0.25, 0.3) is 0 Å². The Morgan fingerprint density at radius 3 is 2.76 bits per heavy atom. The maximum absolute atomic E-state index is 5.80. The van der Waals surface area contributed by atoms with E-state index in [0.29, 0.717) is 11.8 Å². The Hall–Kier alpha value is -1.09. The number of nitrogens with zero attached hydrogens (tertiary/aromatic N) is 1. The van der Waals surface area contributed by atoms with Crippen LogP contribution >= 0.6 is 0 Å². The quantitative estimate of drug-likeness (QED) is 0.801. The van der Waals surface area contributed by atoms with Gasteiger partial charge in [0.05, 0.1) is 6.61 Å². The summed E-state index contributed by atoms with van der Waals surface area (Å²) in [6.07, 6.45) is 4.80. The largest absolute Gasteiger partial charge is 0.477 e. The molecule has 0 atom stereocenters. The van der Waals surface area contributed by atoms with Crippen molar-refractivity contribution in [2.75, 3.05) is 19.8 Å². The summed E-state index contributed by atoms with van der Waals surface area (Å²) in [7, 11) is 0. The standard InChI is InChI=1S/C14H19NO2/c1-2-13(12-4-5-12)15-14(3-1)17-10-11-6-8-16-9-7-11/h1-3,11-12H,4-10H2. The van der Waals surface area contributed by atoms with Gasteiger partial charge < -0.3 is 9.47 Å². The van der Waals surface area contributed by atoms with E-state index in [9.17, 15) is 0 Å². The first-order valence-corrected chi connectivity index (χ1v) is 6.59. The molecule has 1 aromatic rings. The molecule has 1 saturated carbocycles. The molecule has 92 valence electrons. The van der Waals surface area contributed by atoms with Gasteiger partial charge in [-0.1, -0.05) is 6.07 Å². The van der Waals surface area contributed by atoms with Crippen LogP contribution in [-0.4, -0.2) is 24.8 Å². The molecule has 2 fully saturated rings. The van der Waals surface area contributed by atoms with E-state index in [1.165, 1.54) is 18.5 Å². The lowest BCUT2D eigenvalue weighted by Gasteiger charge is -2.21. The monoisotopic (exact) mass is 233 g/mol. The second-order valence-electron chi connectivity index (χ2n) is 5.04. The predicted octanol–water partition coefficient (Wildman–Crippen LogP) is 2.76. The zero-order valence-electron chi connectivity index (χ0n) is 10.1. The van der Waals surface area contributed by atoms with Crippen molar-refractivity contribution in [3.05, 3.63) is 23.9 Å². The molecule has 0 unspecified atom stereocenters. The Kier molecular flexibility index (Phi) is 3.27. The van der Waals surface area contributed by atoms with E-state index >= 15 is 0 Å². The molecule has 0 N–H and O–H groups in total. The second kappa shape index (κ2) is 5.05. The molecule has 0 aromatic carbocycles. The molecule has 0 bridgehead atoms. The summed E-state index contributed by atoms with van der Waals surface area (Å²) >= 11 is 0. The zero-order chi connectivity index (χ0) is 11.5. The molecule has 2 aliphatic rings. The smallest absolute Gasteiger partial charge is 0.213 e. The number of pyridine rings is 1. The minimum Gasteiger partial charge on any atom is -0.477 e. The summed E-state index contributed by atoms with van der Waals surface area (Å²) in [4.78, 5) is 4.57. The lowest BCUT2D eigenvalue weighted by Crippen LogP contribution is -2.21. The average Bonchev–Trinajstić information content (AvgIpc) is 3.22. The number of hydrogen-bond donors (Lipinski definition) is 0. The van der Waals surface area contributed by atoms with E-state index in [1.54, 1.807) is 0 Å². The van der Waals surface area contributed by atoms with Gasteiger partial charge in [-0.3, -0.25) is 0 Å². The fourth-order valence-electron chi connectivity index (χ4n) is 2.23. The van der Waals surface area contributed by atoms with Crippen LogP contribution in [0.3, 0.4) is 0 Å². The third-order valence-corrected chi connectivity index (χ3v) is 3.55. The molecule has 3 rings (SSSR count). The molecule has 1 aromatic heterocycles. The topological polar surface area (TPSA) is 31.4 Å². The van der Waals surface area contributed by atoms with Gasteiger partial charge in [0.1, 0.15) is 0 Å². The van der Waals surface area contributed by atoms with E-state index in [0.717, 1.165) is 38.5 Å². The van der Waals surface area contributed by atoms with E-state index in [1.807, 2.05) is 6.07 Å². The van der Waals surface area contributed by atoms with Gasteiger partial charge in [-0.25, -0.2) is 4.98 Å². The molecule has 1 aliphatic carbocycles. The van der Waals surface area contributed by atoms with Crippen molar-refractivity contribution in [2.24, 2.45) is 5.92 Å². The Bertz CT molecular complexity index is 370. The number of hydrogen-bond acceptors (Lipinski definition) is 3. The molecule has 3 heteroatoms. The molecule has 1 aliphatic heterocycles. The first-order valence-electron chi connectivity index (χ1n) is 6.59. The molecule has 0 spiro atoms. The summed E-state index contributed by atoms with van der Waals surface area (Å²) in [5.41, 5.74) is 1.20. The van der Waals surface area contributed by atoms with Gasteiger partial charge in [-0.05, 0) is 37.7 Å². The van der Waals surface area contributed by atoms with Gasteiger partial charge in [-0.2, -0.15) is 0 Å². The first-order chi connectivity index (χ1) is 8.42. The Morgan fingerprint density at radius 2 is 2.00 bits per heavy atom. The molecule has 17 heavy (non-hydrogen) atoms. The Labute approximate surface area is 102 Å². The Morgan fingerprint density at radius 1 is 1.18 bits per heavy atom. The SMILES string of the molecule is c1cc(OCC2CCOCC2)nc(C2CC2)c1. The minimum atomic E-state index is 0.634. The molecular weight excluding hydrogens is 214 g/mol. The van der Waals surface area contributed by atoms with Crippen LogP contribution < -0.4 is 4.74 Å². The van der Waals surface area contributed by atoms with Crippen LogP contribution in [0.2, 0.25) is 0 Å². The zero-order valence-corrected chi connectivity index (χ0v) is 10.1. The third kappa shape index (κ3) is 2.97. The lowest BCUT2D eigenvalue weighted by atomic mass is 10.0. The molecule has 0 amide bonds. The average molecular weight is 233 g/mol. The molecule has 0 radical (unpaired) electrons. The van der Waals surface area contributed by atoms with Gasteiger partial charge in [0, 0.05) is 30.9 Å². The van der Waals surface area contributed by atoms with Crippen LogP contribution in [0.4, 0.5) is 0 Å². The van der Waals surface area contributed by atoms with E-state index < -0.39 is 0 Å². The van der Waals surface area contributed by atoms with Gasteiger partial charge in [0.15, 0.2) is 0 Å². The van der Waals surface area contributed by atoms with Crippen molar-refractivity contribution in [1.29, 1.82) is 0 Å². The van der Waals surface area contributed by atoms with Crippen LogP contribution in [0, 0.1) is 5.92 Å². The molecule has 1 saturated heterocycles. The van der Waals surface area contributed by atoms with Crippen molar-refractivity contribution < 1.29 is 9.47 Å². The fourth-order valence-corrected chi connectivity index (χ4v) is 2.23. The highest BCUT2D eigenvalue weighted by atomic mass is 16.5. The number of rotatable bonds is 4. The maximum atomic E-state index is 5.80. The molecule has 3 nitrogen and oxygen atoms in total. The first kappa shape index (κ1) is 11.0.